The molecule has 1 aliphatic heterocycles. The lowest BCUT2D eigenvalue weighted by molar-refractivity contribution is 0.172. The van der Waals surface area contributed by atoms with Gasteiger partial charge in [-0.3, -0.25) is 0 Å². The molecule has 0 fully saturated rings. The van der Waals surface area contributed by atoms with Crippen LogP contribution in [0.4, 0.5) is 0 Å². The summed E-state index contributed by atoms with van der Waals surface area (Å²) in [6.07, 6.45) is 5.10. The Bertz CT molecular complexity index is 550. The molecule has 1 aromatic carbocycles. The van der Waals surface area contributed by atoms with E-state index < -0.39 is 0 Å². The number of aromatic nitrogens is 1. The van der Waals surface area contributed by atoms with Gasteiger partial charge in [0.15, 0.2) is 0 Å². The summed E-state index contributed by atoms with van der Waals surface area (Å²) in [5, 5.41) is 13.3. The number of fused-ring (bicyclic) bond motifs is 3. The first kappa shape index (κ1) is 12.5. The monoisotopic (exact) mass is 260 g/mol. The lowest BCUT2D eigenvalue weighted by Crippen LogP contribution is -2.34. The van der Waals surface area contributed by atoms with E-state index in [1.165, 1.54) is 10.9 Å². The van der Waals surface area contributed by atoms with Crippen molar-refractivity contribution in [2.24, 2.45) is 0 Å². The van der Waals surface area contributed by atoms with Crippen molar-refractivity contribution < 1.29 is 9.84 Å². The molecule has 0 radical (unpaired) electrons. The highest BCUT2D eigenvalue weighted by Crippen LogP contribution is 2.34. The second-order valence-electron chi connectivity index (χ2n) is 5.05. The summed E-state index contributed by atoms with van der Waals surface area (Å²) in [5.41, 5.74) is 2.44. The van der Waals surface area contributed by atoms with E-state index in [0.717, 1.165) is 43.6 Å². The number of aliphatic hydroxyl groups is 1. The lowest BCUT2D eigenvalue weighted by Gasteiger charge is -2.27. The molecule has 0 saturated heterocycles. The van der Waals surface area contributed by atoms with Crippen molar-refractivity contribution in [2.45, 2.75) is 25.4 Å². The van der Waals surface area contributed by atoms with Gasteiger partial charge in [0, 0.05) is 30.3 Å². The van der Waals surface area contributed by atoms with Crippen LogP contribution in [0.1, 0.15) is 18.4 Å². The molecule has 19 heavy (non-hydrogen) atoms. The van der Waals surface area contributed by atoms with E-state index in [-0.39, 0.29) is 12.7 Å². The highest BCUT2D eigenvalue weighted by atomic mass is 16.5. The van der Waals surface area contributed by atoms with Crippen LogP contribution in [0.5, 0.6) is 5.75 Å². The number of aliphatic hydroxyl groups excluding tert-OH is 1. The number of nitrogens with one attached hydrogen (secondary N) is 2. The summed E-state index contributed by atoms with van der Waals surface area (Å²) in [7, 11) is 0. The Morgan fingerprint density at radius 2 is 2.32 bits per heavy atom. The Balaban J connectivity index is 1.70. The molecule has 102 valence electrons. The number of H-pyrrole nitrogens is 1. The van der Waals surface area contributed by atoms with Crippen LogP contribution in [0.3, 0.4) is 0 Å². The van der Waals surface area contributed by atoms with Gasteiger partial charge in [-0.05, 0) is 43.5 Å². The fourth-order valence-electron chi connectivity index (χ4n) is 2.64. The Morgan fingerprint density at radius 3 is 3.21 bits per heavy atom. The van der Waals surface area contributed by atoms with Gasteiger partial charge >= 0.3 is 0 Å². The topological polar surface area (TPSA) is 57.3 Å². The van der Waals surface area contributed by atoms with E-state index in [1.54, 1.807) is 0 Å². The minimum atomic E-state index is 0.228. The number of hydrogen-bond acceptors (Lipinski definition) is 3. The number of aromatic amines is 1. The Morgan fingerprint density at radius 1 is 1.37 bits per heavy atom. The standard InChI is InChI=1S/C15H20N2O2/c18-9-1-7-16-10-12-4-2-11-3-5-14-13(6-8-17-14)15(11)19-12/h3,5-6,8,12,16-18H,1-2,4,7,9-10H2/t12-/m1/s1. The van der Waals surface area contributed by atoms with E-state index in [9.17, 15) is 0 Å². The van der Waals surface area contributed by atoms with Crippen LogP contribution in [-0.4, -0.2) is 35.9 Å². The summed E-state index contributed by atoms with van der Waals surface area (Å²) in [6.45, 7) is 1.93. The maximum absolute atomic E-state index is 8.75. The first-order valence-corrected chi connectivity index (χ1v) is 6.95. The fraction of sp³-hybridized carbons (Fsp3) is 0.467. The van der Waals surface area contributed by atoms with Crippen molar-refractivity contribution in [3.05, 3.63) is 30.0 Å². The molecule has 4 nitrogen and oxygen atoms in total. The van der Waals surface area contributed by atoms with Crippen molar-refractivity contribution in [3.8, 4) is 5.75 Å². The van der Waals surface area contributed by atoms with Crippen molar-refractivity contribution in [1.29, 1.82) is 0 Å². The van der Waals surface area contributed by atoms with Crippen molar-refractivity contribution in [3.63, 3.8) is 0 Å². The summed E-state index contributed by atoms with van der Waals surface area (Å²) in [5.74, 6) is 1.04. The van der Waals surface area contributed by atoms with E-state index in [2.05, 4.69) is 28.5 Å². The molecule has 2 aromatic rings. The summed E-state index contributed by atoms with van der Waals surface area (Å²) >= 11 is 0. The van der Waals surface area contributed by atoms with Gasteiger partial charge in [-0.25, -0.2) is 0 Å². The maximum Gasteiger partial charge on any atom is 0.132 e. The molecule has 1 atom stereocenters. The molecule has 4 heteroatoms. The summed E-state index contributed by atoms with van der Waals surface area (Å²) in [4.78, 5) is 3.22. The van der Waals surface area contributed by atoms with E-state index in [4.69, 9.17) is 9.84 Å². The Labute approximate surface area is 112 Å². The highest BCUT2D eigenvalue weighted by Gasteiger charge is 2.21. The van der Waals surface area contributed by atoms with Crippen molar-refractivity contribution in [2.75, 3.05) is 19.7 Å². The lowest BCUT2D eigenvalue weighted by atomic mass is 10.00. The Kier molecular flexibility index (Phi) is 3.71. The highest BCUT2D eigenvalue weighted by molar-refractivity contribution is 5.87. The molecule has 3 rings (SSSR count). The number of hydrogen-bond donors (Lipinski definition) is 3. The minimum absolute atomic E-state index is 0.228. The second kappa shape index (κ2) is 5.63. The van der Waals surface area contributed by atoms with E-state index >= 15 is 0 Å². The number of rotatable bonds is 5. The molecule has 1 aromatic heterocycles. The number of ether oxygens (including phenoxy) is 1. The predicted octanol–water partition coefficient (Wildman–Crippen LogP) is 1.83. The molecular weight excluding hydrogens is 240 g/mol. The zero-order chi connectivity index (χ0) is 13.1. The zero-order valence-corrected chi connectivity index (χ0v) is 11.0. The first-order chi connectivity index (χ1) is 9.38. The van der Waals surface area contributed by atoms with E-state index in [1.807, 2.05) is 6.20 Å². The smallest absolute Gasteiger partial charge is 0.132 e. The van der Waals surface area contributed by atoms with Crippen LogP contribution in [0, 0.1) is 0 Å². The molecule has 0 aliphatic carbocycles. The Hall–Kier alpha value is -1.52. The van der Waals surface area contributed by atoms with Crippen molar-refractivity contribution >= 4 is 10.9 Å². The average Bonchev–Trinajstić information content (AvgIpc) is 2.92. The molecule has 0 bridgehead atoms. The predicted molar refractivity (Wildman–Crippen MR) is 75.6 cm³/mol. The SMILES string of the molecule is OCCCNC[C@H]1CCc2ccc3[nH]ccc3c2O1. The third-order valence-electron chi connectivity index (χ3n) is 3.67. The molecule has 2 heterocycles. The molecule has 0 unspecified atom stereocenters. The maximum atomic E-state index is 8.75. The van der Waals surface area contributed by atoms with Crippen LogP contribution in [0.15, 0.2) is 24.4 Å². The third kappa shape index (κ3) is 2.60. The fourth-order valence-corrected chi connectivity index (χ4v) is 2.64. The molecular formula is C15H20N2O2. The molecule has 3 N–H and O–H groups in total. The van der Waals surface area contributed by atoms with Gasteiger partial charge in [0.05, 0.1) is 0 Å². The molecule has 1 aliphatic rings. The van der Waals surface area contributed by atoms with Gasteiger partial charge in [-0.2, -0.15) is 0 Å². The van der Waals surface area contributed by atoms with Crippen LogP contribution in [0.2, 0.25) is 0 Å². The zero-order valence-electron chi connectivity index (χ0n) is 11.0. The van der Waals surface area contributed by atoms with Gasteiger partial charge in [0.25, 0.3) is 0 Å². The van der Waals surface area contributed by atoms with Gasteiger partial charge in [0.2, 0.25) is 0 Å². The van der Waals surface area contributed by atoms with Gasteiger partial charge in [0.1, 0.15) is 11.9 Å². The quantitative estimate of drug-likeness (QED) is 0.719. The number of aryl methyl sites for hydroxylation is 1. The van der Waals surface area contributed by atoms with Crippen LogP contribution in [-0.2, 0) is 6.42 Å². The molecule has 0 spiro atoms. The van der Waals surface area contributed by atoms with Crippen LogP contribution in [0.25, 0.3) is 10.9 Å². The minimum Gasteiger partial charge on any atom is -0.488 e. The first-order valence-electron chi connectivity index (χ1n) is 6.95. The van der Waals surface area contributed by atoms with Crippen LogP contribution >= 0.6 is 0 Å². The summed E-state index contributed by atoms with van der Waals surface area (Å²) < 4.78 is 6.14. The van der Waals surface area contributed by atoms with Gasteiger partial charge in [-0.15, -0.1) is 0 Å². The van der Waals surface area contributed by atoms with Gasteiger partial charge in [-0.1, -0.05) is 6.07 Å². The summed E-state index contributed by atoms with van der Waals surface area (Å²) in [6, 6.07) is 6.36. The number of benzene rings is 1. The van der Waals surface area contributed by atoms with E-state index in [0.29, 0.717) is 0 Å². The molecule has 0 amide bonds. The van der Waals surface area contributed by atoms with Gasteiger partial charge < -0.3 is 20.1 Å². The van der Waals surface area contributed by atoms with Crippen LogP contribution < -0.4 is 10.1 Å². The third-order valence-corrected chi connectivity index (χ3v) is 3.67. The molecule has 0 saturated carbocycles. The average molecular weight is 260 g/mol. The second-order valence-corrected chi connectivity index (χ2v) is 5.05. The normalized spacial score (nSPS) is 18.3. The largest absolute Gasteiger partial charge is 0.488 e. The van der Waals surface area contributed by atoms with Crippen molar-refractivity contribution in [1.82, 2.24) is 10.3 Å².